The molecular weight excluding hydrogens is 256 g/mol. The Morgan fingerprint density at radius 2 is 1.79 bits per heavy atom. The summed E-state index contributed by atoms with van der Waals surface area (Å²) in [5.41, 5.74) is 3.23. The van der Waals surface area contributed by atoms with Gasteiger partial charge in [0.25, 0.3) is 0 Å². The van der Waals surface area contributed by atoms with Crippen LogP contribution in [0.4, 0.5) is 0 Å². The van der Waals surface area contributed by atoms with E-state index in [1.54, 1.807) is 0 Å². The van der Waals surface area contributed by atoms with E-state index in [-0.39, 0.29) is 0 Å². The maximum atomic E-state index is 10.8. The molecular formula is C17H19ClO. The van der Waals surface area contributed by atoms with Gasteiger partial charge < -0.3 is 5.11 Å². The van der Waals surface area contributed by atoms with E-state index in [1.165, 1.54) is 0 Å². The second-order valence-corrected chi connectivity index (χ2v) is 5.77. The molecule has 0 fully saturated rings. The first-order chi connectivity index (χ1) is 8.90. The van der Waals surface area contributed by atoms with Crippen LogP contribution in [0.1, 0.15) is 29.2 Å². The average Bonchev–Trinajstić information content (AvgIpc) is 2.33. The zero-order valence-corrected chi connectivity index (χ0v) is 12.3. The standard InChI is InChI=1S/C17H19ClO/c1-12-8-9-14(16(18)10-12)11-17(3,19)15-7-5-4-6-13(15)2/h4-10,19H,11H2,1-3H3. The highest BCUT2D eigenvalue weighted by molar-refractivity contribution is 6.31. The van der Waals surface area contributed by atoms with Crippen molar-refractivity contribution in [1.82, 2.24) is 0 Å². The Labute approximate surface area is 119 Å². The van der Waals surface area contributed by atoms with Crippen LogP contribution < -0.4 is 0 Å². The van der Waals surface area contributed by atoms with E-state index in [2.05, 4.69) is 0 Å². The van der Waals surface area contributed by atoms with Gasteiger partial charge in [-0.15, -0.1) is 0 Å². The second-order valence-electron chi connectivity index (χ2n) is 5.36. The summed E-state index contributed by atoms with van der Waals surface area (Å²) in [6.07, 6.45) is 0.511. The van der Waals surface area contributed by atoms with E-state index in [0.29, 0.717) is 11.4 Å². The van der Waals surface area contributed by atoms with Crippen molar-refractivity contribution < 1.29 is 5.11 Å². The Kier molecular flexibility index (Phi) is 3.98. The summed E-state index contributed by atoms with van der Waals surface area (Å²) in [4.78, 5) is 0. The van der Waals surface area contributed by atoms with Crippen molar-refractivity contribution >= 4 is 11.6 Å². The Balaban J connectivity index is 2.33. The molecule has 2 aromatic rings. The summed E-state index contributed by atoms with van der Waals surface area (Å²) < 4.78 is 0. The van der Waals surface area contributed by atoms with Crippen molar-refractivity contribution in [3.8, 4) is 0 Å². The molecule has 0 aromatic heterocycles. The molecule has 0 radical (unpaired) electrons. The SMILES string of the molecule is Cc1ccc(CC(C)(O)c2ccccc2C)c(Cl)c1. The average molecular weight is 275 g/mol. The third kappa shape index (κ3) is 3.17. The van der Waals surface area contributed by atoms with E-state index in [9.17, 15) is 5.11 Å². The van der Waals surface area contributed by atoms with Gasteiger partial charge in [0.15, 0.2) is 0 Å². The molecule has 1 unspecified atom stereocenters. The molecule has 1 atom stereocenters. The molecule has 0 saturated carbocycles. The van der Waals surface area contributed by atoms with Crippen molar-refractivity contribution in [3.63, 3.8) is 0 Å². The van der Waals surface area contributed by atoms with E-state index in [0.717, 1.165) is 22.3 Å². The van der Waals surface area contributed by atoms with E-state index in [1.807, 2.05) is 63.2 Å². The maximum absolute atomic E-state index is 10.8. The lowest BCUT2D eigenvalue weighted by Gasteiger charge is -2.26. The first-order valence-electron chi connectivity index (χ1n) is 6.44. The Bertz CT molecular complexity index is 588. The van der Waals surface area contributed by atoms with Gasteiger partial charge in [0, 0.05) is 11.4 Å². The molecule has 100 valence electrons. The predicted molar refractivity (Wildman–Crippen MR) is 80.6 cm³/mol. The first kappa shape index (κ1) is 14.1. The molecule has 19 heavy (non-hydrogen) atoms. The van der Waals surface area contributed by atoms with Gasteiger partial charge in [-0.2, -0.15) is 0 Å². The molecule has 2 aromatic carbocycles. The predicted octanol–water partition coefficient (Wildman–Crippen LogP) is 4.41. The topological polar surface area (TPSA) is 20.2 Å². The van der Waals surface area contributed by atoms with Gasteiger partial charge in [0.1, 0.15) is 0 Å². The van der Waals surface area contributed by atoms with Gasteiger partial charge >= 0.3 is 0 Å². The molecule has 0 spiro atoms. The number of hydrogen-bond donors (Lipinski definition) is 1. The fourth-order valence-electron chi connectivity index (χ4n) is 2.44. The molecule has 0 amide bonds. The van der Waals surface area contributed by atoms with Gasteiger partial charge in [-0.25, -0.2) is 0 Å². The van der Waals surface area contributed by atoms with Crippen LogP contribution in [0.25, 0.3) is 0 Å². The highest BCUT2D eigenvalue weighted by Gasteiger charge is 2.25. The third-order valence-electron chi connectivity index (χ3n) is 3.47. The number of rotatable bonds is 3. The number of aryl methyl sites for hydroxylation is 2. The van der Waals surface area contributed by atoms with Crippen LogP contribution in [0.15, 0.2) is 42.5 Å². The van der Waals surface area contributed by atoms with E-state index in [4.69, 9.17) is 11.6 Å². The summed E-state index contributed by atoms with van der Waals surface area (Å²) in [6, 6.07) is 13.9. The Morgan fingerprint density at radius 3 is 2.42 bits per heavy atom. The van der Waals surface area contributed by atoms with Crippen molar-refractivity contribution in [2.75, 3.05) is 0 Å². The molecule has 0 aliphatic carbocycles. The molecule has 0 aliphatic heterocycles. The van der Waals surface area contributed by atoms with Crippen molar-refractivity contribution in [2.24, 2.45) is 0 Å². The summed E-state index contributed by atoms with van der Waals surface area (Å²) in [5, 5.41) is 11.5. The normalized spacial score (nSPS) is 14.2. The van der Waals surface area contributed by atoms with Gasteiger partial charge in [-0.1, -0.05) is 48.0 Å². The smallest absolute Gasteiger partial charge is 0.0911 e. The molecule has 2 rings (SSSR count). The van der Waals surface area contributed by atoms with Gasteiger partial charge in [-0.05, 0) is 49.1 Å². The van der Waals surface area contributed by atoms with Gasteiger partial charge in [0.2, 0.25) is 0 Å². The zero-order chi connectivity index (χ0) is 14.0. The lowest BCUT2D eigenvalue weighted by Crippen LogP contribution is -2.25. The Morgan fingerprint density at radius 1 is 1.11 bits per heavy atom. The largest absolute Gasteiger partial charge is 0.385 e. The summed E-state index contributed by atoms with van der Waals surface area (Å²) in [6.45, 7) is 5.86. The number of benzene rings is 2. The van der Waals surface area contributed by atoms with Crippen LogP contribution in [-0.2, 0) is 12.0 Å². The zero-order valence-electron chi connectivity index (χ0n) is 11.6. The lowest BCUT2D eigenvalue weighted by molar-refractivity contribution is 0.0570. The van der Waals surface area contributed by atoms with Crippen molar-refractivity contribution in [2.45, 2.75) is 32.8 Å². The number of aliphatic hydroxyl groups is 1. The fraction of sp³-hybridized carbons (Fsp3) is 0.294. The molecule has 0 aliphatic rings. The van der Waals surface area contributed by atoms with Crippen molar-refractivity contribution in [3.05, 3.63) is 69.7 Å². The van der Waals surface area contributed by atoms with E-state index >= 15 is 0 Å². The lowest BCUT2D eigenvalue weighted by atomic mass is 9.86. The van der Waals surface area contributed by atoms with Crippen molar-refractivity contribution in [1.29, 1.82) is 0 Å². The molecule has 0 saturated heterocycles. The van der Waals surface area contributed by atoms with Crippen LogP contribution in [0.3, 0.4) is 0 Å². The van der Waals surface area contributed by atoms with Crippen LogP contribution in [0.2, 0.25) is 5.02 Å². The summed E-state index contributed by atoms with van der Waals surface area (Å²) >= 11 is 6.25. The summed E-state index contributed by atoms with van der Waals surface area (Å²) in [7, 11) is 0. The molecule has 1 N–H and O–H groups in total. The number of hydrogen-bond acceptors (Lipinski definition) is 1. The molecule has 2 heteroatoms. The Hall–Kier alpha value is -1.31. The first-order valence-corrected chi connectivity index (χ1v) is 6.81. The highest BCUT2D eigenvalue weighted by atomic mass is 35.5. The van der Waals surface area contributed by atoms with Gasteiger partial charge in [-0.3, -0.25) is 0 Å². The molecule has 1 nitrogen and oxygen atoms in total. The van der Waals surface area contributed by atoms with Gasteiger partial charge in [0.05, 0.1) is 5.60 Å². The summed E-state index contributed by atoms with van der Waals surface area (Å²) in [5.74, 6) is 0. The highest BCUT2D eigenvalue weighted by Crippen LogP contribution is 2.30. The fourth-order valence-corrected chi connectivity index (χ4v) is 2.74. The molecule has 0 heterocycles. The number of halogens is 1. The molecule has 0 bridgehead atoms. The third-order valence-corrected chi connectivity index (χ3v) is 3.82. The van der Waals surface area contributed by atoms with E-state index < -0.39 is 5.60 Å². The van der Waals surface area contributed by atoms with Crippen LogP contribution >= 0.6 is 11.6 Å². The van der Waals surface area contributed by atoms with Crippen LogP contribution in [0, 0.1) is 13.8 Å². The maximum Gasteiger partial charge on any atom is 0.0911 e. The monoisotopic (exact) mass is 274 g/mol. The quantitative estimate of drug-likeness (QED) is 0.879. The minimum atomic E-state index is -0.912. The second kappa shape index (κ2) is 5.36. The minimum Gasteiger partial charge on any atom is -0.385 e. The minimum absolute atomic E-state index is 0.511. The van der Waals surface area contributed by atoms with Crippen LogP contribution in [-0.4, -0.2) is 5.11 Å². The van der Waals surface area contributed by atoms with Crippen LogP contribution in [0.5, 0.6) is 0 Å².